The molecule has 7 nitrogen and oxygen atoms in total. The molecule has 1 N–H and O–H groups in total. The van der Waals surface area contributed by atoms with Crippen LogP contribution in [0.5, 0.6) is 0 Å². The Labute approximate surface area is 153 Å². The number of hydrogen-bond acceptors (Lipinski definition) is 5. The molecule has 1 aromatic heterocycles. The van der Waals surface area contributed by atoms with Crippen molar-refractivity contribution in [2.24, 2.45) is 0 Å². The van der Waals surface area contributed by atoms with E-state index in [1.54, 1.807) is 22.8 Å². The summed E-state index contributed by atoms with van der Waals surface area (Å²) in [6.07, 6.45) is 1.40. The predicted octanol–water partition coefficient (Wildman–Crippen LogP) is 1.95. The predicted molar refractivity (Wildman–Crippen MR) is 98.7 cm³/mol. The molecule has 26 heavy (non-hydrogen) atoms. The molecule has 1 atom stereocenters. The van der Waals surface area contributed by atoms with Crippen LogP contribution in [0.25, 0.3) is 0 Å². The Hall–Kier alpha value is -2.96. The van der Waals surface area contributed by atoms with Crippen LogP contribution < -0.4 is 5.32 Å². The van der Waals surface area contributed by atoms with Crippen LogP contribution in [0.1, 0.15) is 35.9 Å². The van der Waals surface area contributed by atoms with Gasteiger partial charge in [-0.1, -0.05) is 30.3 Å². The Balaban J connectivity index is 1.65. The van der Waals surface area contributed by atoms with Gasteiger partial charge in [-0.05, 0) is 12.5 Å². The monoisotopic (exact) mass is 353 g/mol. The SMILES string of the molecule is CC(=O)N1CCN(C(=O)c2cc(NC(C)c3ccccc3)ncn2)CC1. The van der Waals surface area contributed by atoms with Crippen molar-refractivity contribution in [3.63, 3.8) is 0 Å². The van der Waals surface area contributed by atoms with Gasteiger partial charge in [0.15, 0.2) is 0 Å². The van der Waals surface area contributed by atoms with Gasteiger partial charge in [0.05, 0.1) is 0 Å². The maximum atomic E-state index is 12.7. The number of rotatable bonds is 4. The lowest BCUT2D eigenvalue weighted by Crippen LogP contribution is -2.50. The summed E-state index contributed by atoms with van der Waals surface area (Å²) in [5, 5.41) is 3.30. The Morgan fingerprint density at radius 1 is 1.04 bits per heavy atom. The van der Waals surface area contributed by atoms with E-state index in [1.807, 2.05) is 37.3 Å². The molecule has 1 aliphatic heterocycles. The lowest BCUT2D eigenvalue weighted by atomic mass is 10.1. The maximum Gasteiger partial charge on any atom is 0.272 e. The van der Waals surface area contributed by atoms with Crippen molar-refractivity contribution in [1.82, 2.24) is 19.8 Å². The van der Waals surface area contributed by atoms with E-state index in [1.165, 1.54) is 6.33 Å². The van der Waals surface area contributed by atoms with Gasteiger partial charge in [-0.25, -0.2) is 9.97 Å². The summed E-state index contributed by atoms with van der Waals surface area (Å²) in [6.45, 7) is 5.75. The molecule has 0 saturated carbocycles. The molecular formula is C19H23N5O2. The van der Waals surface area contributed by atoms with Gasteiger partial charge >= 0.3 is 0 Å². The third-order valence-electron chi connectivity index (χ3n) is 4.56. The molecule has 1 fully saturated rings. The molecule has 7 heteroatoms. The zero-order chi connectivity index (χ0) is 18.5. The van der Waals surface area contributed by atoms with Crippen LogP contribution in [0.15, 0.2) is 42.7 Å². The van der Waals surface area contributed by atoms with Gasteiger partial charge in [0.25, 0.3) is 5.91 Å². The number of piperazine rings is 1. The molecule has 0 bridgehead atoms. The molecule has 1 unspecified atom stereocenters. The maximum absolute atomic E-state index is 12.7. The van der Waals surface area contributed by atoms with Gasteiger partial charge in [-0.2, -0.15) is 0 Å². The van der Waals surface area contributed by atoms with Crippen LogP contribution in [0, 0.1) is 0 Å². The van der Waals surface area contributed by atoms with Crippen molar-refractivity contribution in [1.29, 1.82) is 0 Å². The first-order valence-electron chi connectivity index (χ1n) is 8.73. The molecule has 1 saturated heterocycles. The summed E-state index contributed by atoms with van der Waals surface area (Å²) in [4.78, 5) is 35.9. The molecular weight excluding hydrogens is 330 g/mol. The molecule has 1 aliphatic rings. The van der Waals surface area contributed by atoms with E-state index < -0.39 is 0 Å². The fourth-order valence-electron chi connectivity index (χ4n) is 2.99. The van der Waals surface area contributed by atoms with Gasteiger partial charge in [-0.15, -0.1) is 0 Å². The van der Waals surface area contributed by atoms with E-state index in [-0.39, 0.29) is 17.9 Å². The largest absolute Gasteiger partial charge is 0.363 e. The molecule has 2 aromatic rings. The summed E-state index contributed by atoms with van der Waals surface area (Å²) < 4.78 is 0. The van der Waals surface area contributed by atoms with Crippen molar-refractivity contribution in [3.8, 4) is 0 Å². The quantitative estimate of drug-likeness (QED) is 0.909. The second-order valence-corrected chi connectivity index (χ2v) is 6.36. The van der Waals surface area contributed by atoms with E-state index in [4.69, 9.17) is 0 Å². The van der Waals surface area contributed by atoms with Crippen molar-refractivity contribution < 1.29 is 9.59 Å². The van der Waals surface area contributed by atoms with Crippen molar-refractivity contribution in [2.75, 3.05) is 31.5 Å². The van der Waals surface area contributed by atoms with Crippen molar-refractivity contribution in [2.45, 2.75) is 19.9 Å². The summed E-state index contributed by atoms with van der Waals surface area (Å²) >= 11 is 0. The Kier molecular flexibility index (Phi) is 5.46. The van der Waals surface area contributed by atoms with Crippen molar-refractivity contribution >= 4 is 17.6 Å². The number of carbonyl (C=O) groups is 2. The summed E-state index contributed by atoms with van der Waals surface area (Å²) in [5.74, 6) is 0.522. The highest BCUT2D eigenvalue weighted by Crippen LogP contribution is 2.18. The average molecular weight is 353 g/mol. The number of carbonyl (C=O) groups excluding carboxylic acids is 2. The molecule has 0 aliphatic carbocycles. The number of amides is 2. The number of anilines is 1. The van der Waals surface area contributed by atoms with Crippen LogP contribution in [-0.2, 0) is 4.79 Å². The van der Waals surface area contributed by atoms with E-state index in [2.05, 4.69) is 15.3 Å². The van der Waals surface area contributed by atoms with Gasteiger partial charge in [0, 0.05) is 45.2 Å². The Morgan fingerprint density at radius 2 is 1.69 bits per heavy atom. The summed E-state index contributed by atoms with van der Waals surface area (Å²) in [5.41, 5.74) is 1.50. The zero-order valence-electron chi connectivity index (χ0n) is 15.1. The van der Waals surface area contributed by atoms with E-state index in [9.17, 15) is 9.59 Å². The zero-order valence-corrected chi connectivity index (χ0v) is 15.1. The highest BCUT2D eigenvalue weighted by molar-refractivity contribution is 5.93. The standard InChI is InChI=1S/C19H23N5O2/c1-14(16-6-4-3-5-7-16)22-18-12-17(20-13-21-18)19(26)24-10-8-23(9-11-24)15(2)25/h3-7,12-14H,8-11H2,1-2H3,(H,20,21,22). The van der Waals surface area contributed by atoms with Crippen LogP contribution in [0.3, 0.4) is 0 Å². The normalized spacial score (nSPS) is 15.5. The minimum atomic E-state index is -0.133. The number of benzene rings is 1. The van der Waals surface area contributed by atoms with E-state index in [0.29, 0.717) is 37.7 Å². The first-order chi connectivity index (χ1) is 12.5. The second-order valence-electron chi connectivity index (χ2n) is 6.36. The van der Waals surface area contributed by atoms with Crippen LogP contribution in [-0.4, -0.2) is 57.8 Å². The van der Waals surface area contributed by atoms with Crippen LogP contribution >= 0.6 is 0 Å². The number of nitrogens with zero attached hydrogens (tertiary/aromatic N) is 4. The van der Waals surface area contributed by atoms with Crippen LogP contribution in [0.2, 0.25) is 0 Å². The first kappa shape index (κ1) is 17.8. The van der Waals surface area contributed by atoms with Gasteiger partial charge in [-0.3, -0.25) is 9.59 Å². The number of nitrogens with one attached hydrogen (secondary N) is 1. The lowest BCUT2D eigenvalue weighted by molar-refractivity contribution is -0.130. The average Bonchev–Trinajstić information content (AvgIpc) is 2.68. The fraction of sp³-hybridized carbons (Fsp3) is 0.368. The second kappa shape index (κ2) is 7.95. The molecule has 2 amide bonds. The molecule has 136 valence electrons. The molecule has 2 heterocycles. The van der Waals surface area contributed by atoms with Gasteiger partial charge in [0.2, 0.25) is 5.91 Å². The third-order valence-corrected chi connectivity index (χ3v) is 4.56. The van der Waals surface area contributed by atoms with Crippen LogP contribution in [0.4, 0.5) is 5.82 Å². The molecule has 0 spiro atoms. The topological polar surface area (TPSA) is 78.4 Å². The Morgan fingerprint density at radius 3 is 2.35 bits per heavy atom. The minimum absolute atomic E-state index is 0.0421. The van der Waals surface area contributed by atoms with E-state index in [0.717, 1.165) is 5.56 Å². The molecule has 3 rings (SSSR count). The lowest BCUT2D eigenvalue weighted by Gasteiger charge is -2.34. The highest BCUT2D eigenvalue weighted by Gasteiger charge is 2.24. The summed E-state index contributed by atoms with van der Waals surface area (Å²) in [7, 11) is 0. The fourth-order valence-corrected chi connectivity index (χ4v) is 2.99. The minimum Gasteiger partial charge on any atom is -0.363 e. The summed E-state index contributed by atoms with van der Waals surface area (Å²) in [6, 6.07) is 11.8. The number of aromatic nitrogens is 2. The Bertz CT molecular complexity index is 773. The van der Waals surface area contributed by atoms with E-state index >= 15 is 0 Å². The smallest absolute Gasteiger partial charge is 0.272 e. The number of hydrogen-bond donors (Lipinski definition) is 1. The van der Waals surface area contributed by atoms with Gasteiger partial charge in [0.1, 0.15) is 17.8 Å². The molecule has 1 aromatic carbocycles. The molecule has 0 radical (unpaired) electrons. The highest BCUT2D eigenvalue weighted by atomic mass is 16.2. The van der Waals surface area contributed by atoms with Gasteiger partial charge < -0.3 is 15.1 Å². The first-order valence-corrected chi connectivity index (χ1v) is 8.73. The third kappa shape index (κ3) is 4.17. The van der Waals surface area contributed by atoms with Crippen molar-refractivity contribution in [3.05, 3.63) is 54.0 Å².